The van der Waals surface area contributed by atoms with Crippen LogP contribution in [0.25, 0.3) is 0 Å². The summed E-state index contributed by atoms with van der Waals surface area (Å²) in [7, 11) is 0. The van der Waals surface area contributed by atoms with E-state index in [1.165, 1.54) is 0 Å². The third-order valence-electron chi connectivity index (χ3n) is 3.88. The van der Waals surface area contributed by atoms with E-state index in [0.29, 0.717) is 11.1 Å². The zero-order valence-electron chi connectivity index (χ0n) is 17.7. The van der Waals surface area contributed by atoms with Crippen molar-refractivity contribution in [2.75, 3.05) is 26.3 Å². The van der Waals surface area contributed by atoms with Crippen molar-refractivity contribution in [2.24, 2.45) is 0 Å². The fraction of sp³-hybridized carbons (Fsp3) is 0.273. The molecule has 0 heterocycles. The first-order chi connectivity index (χ1) is 15.5. The number of carbonyl (C=O) groups excluding carboxylic acids is 4. The Morgan fingerprint density at radius 2 is 1.06 bits per heavy atom. The Hall–Kier alpha value is -2.64. The van der Waals surface area contributed by atoms with Gasteiger partial charge in [0.2, 0.25) is 0 Å². The van der Waals surface area contributed by atoms with Crippen LogP contribution in [0, 0.1) is 0 Å². The predicted molar refractivity (Wildman–Crippen MR) is 122 cm³/mol. The van der Waals surface area contributed by atoms with E-state index in [-0.39, 0.29) is 64.4 Å². The maximum atomic E-state index is 12.6. The van der Waals surface area contributed by atoms with Crippen LogP contribution < -0.4 is 19.6 Å². The van der Waals surface area contributed by atoms with E-state index >= 15 is 0 Å². The summed E-state index contributed by atoms with van der Waals surface area (Å²) in [5.41, 5.74) is 1.01. The van der Waals surface area contributed by atoms with Gasteiger partial charge in [-0.25, -0.2) is 0 Å². The van der Waals surface area contributed by atoms with Gasteiger partial charge in [0.25, 0.3) is 0 Å². The standard InChI is InChI=1S/C22H24N2O6Se2/c1-3-29-19(25)13-23-21(27)15-9-5-7-11-17(15)31-32-18-12-8-6-10-16(18)22(28)24-14-20(26)30-4-2/h5-12H,3-4,13-14H2,1-2H3,(H,23,27)(H,24,28). The summed E-state index contributed by atoms with van der Waals surface area (Å²) in [6.45, 7) is 3.53. The predicted octanol–water partition coefficient (Wildman–Crippen LogP) is -0.453. The molecular weight excluding hydrogens is 546 g/mol. The van der Waals surface area contributed by atoms with E-state index in [0.717, 1.165) is 8.92 Å². The van der Waals surface area contributed by atoms with Crippen molar-refractivity contribution in [2.45, 2.75) is 13.8 Å². The first-order valence-electron chi connectivity index (χ1n) is 9.86. The molecular formula is C22H24N2O6Se2. The van der Waals surface area contributed by atoms with Crippen molar-refractivity contribution in [1.29, 1.82) is 0 Å². The average molecular weight is 570 g/mol. The molecule has 8 nitrogen and oxygen atoms in total. The van der Waals surface area contributed by atoms with Crippen molar-refractivity contribution in [3.05, 3.63) is 59.7 Å². The Balaban J connectivity index is 2.05. The normalized spacial score (nSPS) is 10.2. The molecule has 2 aromatic rings. The van der Waals surface area contributed by atoms with Crippen molar-refractivity contribution in [1.82, 2.24) is 10.6 Å². The molecule has 2 N–H and O–H groups in total. The molecule has 170 valence electrons. The molecule has 0 atom stereocenters. The number of ether oxygens (including phenoxy) is 2. The van der Waals surface area contributed by atoms with Crippen LogP contribution in [0.4, 0.5) is 0 Å². The molecule has 0 saturated carbocycles. The van der Waals surface area contributed by atoms with Crippen LogP contribution in [0.3, 0.4) is 0 Å². The quantitative estimate of drug-likeness (QED) is 0.280. The molecule has 0 aliphatic carbocycles. The number of hydrogen-bond acceptors (Lipinski definition) is 6. The van der Waals surface area contributed by atoms with E-state index in [2.05, 4.69) is 10.6 Å². The average Bonchev–Trinajstić information content (AvgIpc) is 2.80. The number of benzene rings is 2. The second-order valence-electron chi connectivity index (χ2n) is 6.13. The molecule has 0 aliphatic rings. The Morgan fingerprint density at radius 3 is 1.44 bits per heavy atom. The fourth-order valence-corrected chi connectivity index (χ4v) is 9.58. The van der Waals surface area contributed by atoms with Crippen LogP contribution in [0.1, 0.15) is 34.6 Å². The van der Waals surface area contributed by atoms with E-state index < -0.39 is 11.9 Å². The molecule has 0 radical (unpaired) electrons. The molecule has 0 fully saturated rings. The van der Waals surface area contributed by atoms with Gasteiger partial charge in [-0.3, -0.25) is 0 Å². The molecule has 32 heavy (non-hydrogen) atoms. The number of nitrogens with one attached hydrogen (secondary N) is 2. The molecule has 0 saturated heterocycles. The summed E-state index contributed by atoms with van der Waals surface area (Å²) < 4.78 is 11.4. The van der Waals surface area contributed by atoms with Gasteiger partial charge in [-0.1, -0.05) is 0 Å². The van der Waals surface area contributed by atoms with Crippen LogP contribution in [0.5, 0.6) is 0 Å². The van der Waals surface area contributed by atoms with Crippen LogP contribution in [-0.2, 0) is 19.1 Å². The Bertz CT molecular complexity index is 889. The zero-order valence-corrected chi connectivity index (χ0v) is 21.1. The van der Waals surface area contributed by atoms with E-state index in [1.54, 1.807) is 38.1 Å². The van der Waals surface area contributed by atoms with E-state index in [9.17, 15) is 19.2 Å². The van der Waals surface area contributed by atoms with Gasteiger partial charge in [0.05, 0.1) is 0 Å². The molecule has 0 spiro atoms. The second kappa shape index (κ2) is 13.7. The fourth-order valence-electron chi connectivity index (χ4n) is 2.46. The SMILES string of the molecule is CCOC(=O)CNC(=O)c1ccccc1[Se][Se]c1ccccc1C(=O)NCC(=O)OCC. The molecule has 0 bridgehead atoms. The molecule has 0 aromatic heterocycles. The molecule has 0 unspecified atom stereocenters. The second-order valence-corrected chi connectivity index (χ2v) is 12.3. The number of amides is 2. The van der Waals surface area contributed by atoms with Gasteiger partial charge in [0.15, 0.2) is 0 Å². The summed E-state index contributed by atoms with van der Waals surface area (Å²) >= 11 is -0.190. The van der Waals surface area contributed by atoms with Crippen LogP contribution in [-0.4, -0.2) is 76.3 Å². The van der Waals surface area contributed by atoms with Crippen molar-refractivity contribution < 1.29 is 28.7 Å². The van der Waals surface area contributed by atoms with E-state index in [4.69, 9.17) is 9.47 Å². The maximum absolute atomic E-state index is 12.6. The third kappa shape index (κ3) is 8.13. The number of carbonyl (C=O) groups is 4. The number of esters is 2. The molecule has 2 rings (SSSR count). The van der Waals surface area contributed by atoms with Gasteiger partial charge in [0.1, 0.15) is 0 Å². The van der Waals surface area contributed by atoms with Gasteiger partial charge in [-0.15, -0.1) is 0 Å². The molecule has 2 amide bonds. The molecule has 10 heteroatoms. The Morgan fingerprint density at radius 1 is 0.688 bits per heavy atom. The van der Waals surface area contributed by atoms with Gasteiger partial charge >= 0.3 is 198 Å². The minimum absolute atomic E-state index is 0.0949. The summed E-state index contributed by atoms with van der Waals surface area (Å²) in [4.78, 5) is 48.1. The van der Waals surface area contributed by atoms with Crippen LogP contribution in [0.15, 0.2) is 48.5 Å². The van der Waals surface area contributed by atoms with Gasteiger partial charge in [-0.2, -0.15) is 0 Å². The van der Waals surface area contributed by atoms with Gasteiger partial charge < -0.3 is 0 Å². The number of hydrogen-bond donors (Lipinski definition) is 2. The Labute approximate surface area is 197 Å². The molecule has 2 aromatic carbocycles. The van der Waals surface area contributed by atoms with Gasteiger partial charge in [-0.05, 0) is 0 Å². The van der Waals surface area contributed by atoms with Crippen molar-refractivity contribution in [3.63, 3.8) is 0 Å². The third-order valence-corrected chi connectivity index (χ3v) is 11.1. The van der Waals surface area contributed by atoms with Crippen molar-refractivity contribution in [3.8, 4) is 0 Å². The minimum atomic E-state index is -0.490. The van der Waals surface area contributed by atoms with Crippen LogP contribution in [0.2, 0.25) is 0 Å². The van der Waals surface area contributed by atoms with E-state index in [1.807, 2.05) is 24.3 Å². The summed E-state index contributed by atoms with van der Waals surface area (Å²) in [5.74, 6) is -1.66. The van der Waals surface area contributed by atoms with Gasteiger partial charge in [0, 0.05) is 0 Å². The summed E-state index contributed by atoms with van der Waals surface area (Å²) in [5, 5.41) is 5.17. The van der Waals surface area contributed by atoms with Crippen molar-refractivity contribution >= 4 is 58.9 Å². The zero-order chi connectivity index (χ0) is 23.3. The number of rotatable bonds is 11. The monoisotopic (exact) mass is 572 g/mol. The topological polar surface area (TPSA) is 111 Å². The first kappa shape index (κ1) is 25.6. The first-order valence-corrected chi connectivity index (χ1v) is 15.9. The Kier molecular flexibility index (Phi) is 11.0. The molecule has 0 aliphatic heterocycles. The summed E-state index contributed by atoms with van der Waals surface area (Å²) in [6.07, 6.45) is 0. The van der Waals surface area contributed by atoms with Crippen LogP contribution >= 0.6 is 0 Å². The summed E-state index contributed by atoms with van der Waals surface area (Å²) in [6, 6.07) is 14.4.